The number of allylic oxidation sites excluding steroid dienone is 1. The minimum atomic E-state index is -0.479. The van der Waals surface area contributed by atoms with Crippen molar-refractivity contribution in [2.24, 2.45) is 5.73 Å². The molecule has 7 heteroatoms. The van der Waals surface area contributed by atoms with E-state index in [0.29, 0.717) is 23.8 Å². The van der Waals surface area contributed by atoms with E-state index in [1.54, 1.807) is 4.68 Å². The molecule has 7 nitrogen and oxygen atoms in total. The predicted molar refractivity (Wildman–Crippen MR) is 85.9 cm³/mol. The van der Waals surface area contributed by atoms with Crippen molar-refractivity contribution >= 4 is 11.9 Å². The zero-order chi connectivity index (χ0) is 16.4. The van der Waals surface area contributed by atoms with Gasteiger partial charge in [0.05, 0.1) is 12.2 Å². The van der Waals surface area contributed by atoms with Gasteiger partial charge in [-0.05, 0) is 31.0 Å². The number of primary amides is 1. The van der Waals surface area contributed by atoms with Gasteiger partial charge >= 0.3 is 0 Å². The molecular weight excluding hydrogens is 294 g/mol. The molecule has 0 saturated carbocycles. The molecule has 1 unspecified atom stereocenters. The van der Waals surface area contributed by atoms with Gasteiger partial charge in [-0.25, -0.2) is 4.68 Å². The Morgan fingerprint density at radius 3 is 2.78 bits per heavy atom. The summed E-state index contributed by atoms with van der Waals surface area (Å²) in [5, 5.41) is 7.28. The molecule has 0 aliphatic carbocycles. The Hall–Kier alpha value is -2.83. The standard InChI is InChI=1S/C16H19N5O2/c1-3-8-23-12-6-4-11(5-7-12)14-13(15(17)22)10(2)20-16-18-9-19-21(14)16/h4-7,9,14H,3,8H2,1-2H3,(H2,17,22)(H,18,19,20). The highest BCUT2D eigenvalue weighted by molar-refractivity contribution is 5.95. The third-order valence-electron chi connectivity index (χ3n) is 3.73. The molecule has 3 N–H and O–H groups in total. The van der Waals surface area contributed by atoms with Gasteiger partial charge in [-0.15, -0.1) is 0 Å². The number of rotatable bonds is 5. The molecule has 3 rings (SSSR count). The third-order valence-corrected chi connectivity index (χ3v) is 3.73. The van der Waals surface area contributed by atoms with E-state index in [1.165, 1.54) is 6.33 Å². The predicted octanol–water partition coefficient (Wildman–Crippen LogP) is 1.84. The van der Waals surface area contributed by atoms with Crippen LogP contribution < -0.4 is 15.8 Å². The summed E-state index contributed by atoms with van der Waals surface area (Å²) in [6.45, 7) is 4.54. The van der Waals surface area contributed by atoms with E-state index in [1.807, 2.05) is 31.2 Å². The number of ether oxygens (including phenoxy) is 1. The lowest BCUT2D eigenvalue weighted by atomic mass is 9.95. The molecule has 120 valence electrons. The van der Waals surface area contributed by atoms with Crippen molar-refractivity contribution in [3.63, 3.8) is 0 Å². The van der Waals surface area contributed by atoms with Gasteiger partial charge in [0, 0.05) is 5.70 Å². The lowest BCUT2D eigenvalue weighted by Crippen LogP contribution is -2.31. The summed E-state index contributed by atoms with van der Waals surface area (Å²) in [6.07, 6.45) is 2.40. The molecular formula is C16H19N5O2. The van der Waals surface area contributed by atoms with Gasteiger partial charge in [0.2, 0.25) is 11.9 Å². The first kappa shape index (κ1) is 15.1. The Labute approximate surface area is 134 Å². The number of hydrogen-bond donors (Lipinski definition) is 2. The van der Waals surface area contributed by atoms with Crippen LogP contribution >= 0.6 is 0 Å². The second-order valence-electron chi connectivity index (χ2n) is 5.38. The maximum absolute atomic E-state index is 11.9. The Bertz CT molecular complexity index is 748. The Balaban J connectivity index is 2.00. The summed E-state index contributed by atoms with van der Waals surface area (Å²) in [4.78, 5) is 16.1. The first-order chi connectivity index (χ1) is 11.1. The van der Waals surface area contributed by atoms with Gasteiger partial charge in [-0.2, -0.15) is 10.1 Å². The number of benzene rings is 1. The molecule has 2 aromatic rings. The number of aromatic nitrogens is 3. The van der Waals surface area contributed by atoms with Gasteiger partial charge in [-0.1, -0.05) is 19.1 Å². The van der Waals surface area contributed by atoms with Gasteiger partial charge < -0.3 is 15.8 Å². The topological polar surface area (TPSA) is 95.1 Å². The van der Waals surface area contributed by atoms with E-state index in [9.17, 15) is 4.79 Å². The smallest absolute Gasteiger partial charge is 0.248 e. The summed E-state index contributed by atoms with van der Waals surface area (Å²) in [5.74, 6) is 0.904. The highest BCUT2D eigenvalue weighted by Gasteiger charge is 2.32. The van der Waals surface area contributed by atoms with Crippen LogP contribution in [-0.4, -0.2) is 27.3 Å². The Morgan fingerprint density at radius 2 is 2.13 bits per heavy atom. The highest BCUT2D eigenvalue weighted by Crippen LogP contribution is 2.34. The summed E-state index contributed by atoms with van der Waals surface area (Å²) < 4.78 is 7.26. The lowest BCUT2D eigenvalue weighted by molar-refractivity contribution is -0.115. The van der Waals surface area contributed by atoms with E-state index in [4.69, 9.17) is 10.5 Å². The second-order valence-corrected chi connectivity index (χ2v) is 5.38. The number of nitrogens with one attached hydrogen (secondary N) is 1. The lowest BCUT2D eigenvalue weighted by Gasteiger charge is -2.27. The molecule has 1 atom stereocenters. The molecule has 0 bridgehead atoms. The molecule has 1 aliphatic heterocycles. The molecule has 23 heavy (non-hydrogen) atoms. The van der Waals surface area contributed by atoms with Crippen LogP contribution in [0, 0.1) is 0 Å². The maximum atomic E-state index is 11.9. The highest BCUT2D eigenvalue weighted by atomic mass is 16.5. The van der Waals surface area contributed by atoms with E-state index < -0.39 is 11.9 Å². The molecule has 0 fully saturated rings. The normalized spacial score (nSPS) is 16.7. The van der Waals surface area contributed by atoms with E-state index >= 15 is 0 Å². The van der Waals surface area contributed by atoms with Crippen LogP contribution in [0.25, 0.3) is 0 Å². The van der Waals surface area contributed by atoms with E-state index in [0.717, 1.165) is 17.7 Å². The molecule has 1 amide bonds. The van der Waals surface area contributed by atoms with Crippen molar-refractivity contribution in [1.82, 2.24) is 14.8 Å². The summed E-state index contributed by atoms with van der Waals surface area (Å²) in [7, 11) is 0. The van der Waals surface area contributed by atoms with Gasteiger partial charge in [0.15, 0.2) is 0 Å². The van der Waals surface area contributed by atoms with Crippen LogP contribution in [0.5, 0.6) is 5.75 Å². The molecule has 0 saturated heterocycles. The summed E-state index contributed by atoms with van der Waals surface area (Å²) in [5.41, 5.74) is 7.65. The first-order valence-electron chi connectivity index (χ1n) is 7.51. The van der Waals surface area contributed by atoms with Crippen LogP contribution in [0.4, 0.5) is 5.95 Å². The number of amides is 1. The average Bonchev–Trinajstić information content (AvgIpc) is 2.99. The van der Waals surface area contributed by atoms with Crippen molar-refractivity contribution in [2.75, 3.05) is 11.9 Å². The van der Waals surface area contributed by atoms with Crippen LogP contribution in [0.15, 0.2) is 41.9 Å². The van der Waals surface area contributed by atoms with Gasteiger partial charge in [0.25, 0.3) is 0 Å². The number of nitrogens with two attached hydrogens (primary N) is 1. The fourth-order valence-corrected chi connectivity index (χ4v) is 2.68. The number of nitrogens with zero attached hydrogens (tertiary/aromatic N) is 3. The molecule has 1 aliphatic rings. The second kappa shape index (κ2) is 6.12. The number of carbonyl (C=O) groups is 1. The van der Waals surface area contributed by atoms with Crippen molar-refractivity contribution < 1.29 is 9.53 Å². The minimum absolute atomic E-state index is 0.397. The van der Waals surface area contributed by atoms with Crippen molar-refractivity contribution in [3.8, 4) is 5.75 Å². The zero-order valence-corrected chi connectivity index (χ0v) is 13.1. The van der Waals surface area contributed by atoms with E-state index in [-0.39, 0.29) is 0 Å². The maximum Gasteiger partial charge on any atom is 0.248 e. The number of fused-ring (bicyclic) bond motifs is 1. The number of anilines is 1. The minimum Gasteiger partial charge on any atom is -0.494 e. The molecule has 2 heterocycles. The molecule has 1 aromatic carbocycles. The fraction of sp³-hybridized carbons (Fsp3) is 0.312. The average molecular weight is 313 g/mol. The molecule has 0 radical (unpaired) electrons. The molecule has 0 spiro atoms. The zero-order valence-electron chi connectivity index (χ0n) is 13.1. The van der Waals surface area contributed by atoms with Gasteiger partial charge in [-0.3, -0.25) is 4.79 Å². The van der Waals surface area contributed by atoms with E-state index in [2.05, 4.69) is 22.3 Å². The summed E-state index contributed by atoms with van der Waals surface area (Å²) in [6, 6.07) is 7.21. The monoisotopic (exact) mass is 313 g/mol. The fourth-order valence-electron chi connectivity index (χ4n) is 2.68. The number of carbonyl (C=O) groups excluding carboxylic acids is 1. The SMILES string of the molecule is CCCOc1ccc(C2C(C(N)=O)=C(C)Nc3ncnn32)cc1. The Kier molecular flexibility index (Phi) is 4.01. The molecule has 1 aromatic heterocycles. The quantitative estimate of drug-likeness (QED) is 0.878. The van der Waals surface area contributed by atoms with Crippen molar-refractivity contribution in [1.29, 1.82) is 0 Å². The van der Waals surface area contributed by atoms with Crippen LogP contribution in [-0.2, 0) is 4.79 Å². The Morgan fingerprint density at radius 1 is 1.39 bits per heavy atom. The summed E-state index contributed by atoms with van der Waals surface area (Å²) >= 11 is 0. The van der Waals surface area contributed by atoms with Crippen molar-refractivity contribution in [2.45, 2.75) is 26.3 Å². The third kappa shape index (κ3) is 2.77. The largest absolute Gasteiger partial charge is 0.494 e. The van der Waals surface area contributed by atoms with Crippen molar-refractivity contribution in [3.05, 3.63) is 47.4 Å². The van der Waals surface area contributed by atoms with Crippen LogP contribution in [0.2, 0.25) is 0 Å². The van der Waals surface area contributed by atoms with Gasteiger partial charge in [0.1, 0.15) is 18.1 Å². The first-order valence-corrected chi connectivity index (χ1v) is 7.51. The van der Waals surface area contributed by atoms with Crippen LogP contribution in [0.1, 0.15) is 31.9 Å². The van der Waals surface area contributed by atoms with Crippen LogP contribution in [0.3, 0.4) is 0 Å². The number of hydrogen-bond acceptors (Lipinski definition) is 5.